The Morgan fingerprint density at radius 2 is 2.15 bits per heavy atom. The van der Waals surface area contributed by atoms with Crippen LogP contribution in [0.3, 0.4) is 0 Å². The molecule has 0 radical (unpaired) electrons. The van der Waals surface area contributed by atoms with Crippen molar-refractivity contribution in [2.75, 3.05) is 13.7 Å². The number of aryl methyl sites for hydroxylation is 1. The Hall–Kier alpha value is -1.96. The van der Waals surface area contributed by atoms with E-state index < -0.39 is 0 Å². The molecule has 0 saturated carbocycles. The van der Waals surface area contributed by atoms with Crippen LogP contribution in [0.25, 0.3) is 10.2 Å². The van der Waals surface area contributed by atoms with Gasteiger partial charge < -0.3 is 9.30 Å². The maximum atomic E-state index is 12.7. The predicted octanol–water partition coefficient (Wildman–Crippen LogP) is 3.83. The maximum absolute atomic E-state index is 12.7. The lowest BCUT2D eigenvalue weighted by atomic mass is 10.3. The smallest absolute Gasteiger partial charge is 0.300 e. The van der Waals surface area contributed by atoms with Crippen molar-refractivity contribution in [3.05, 3.63) is 45.5 Å². The van der Waals surface area contributed by atoms with Gasteiger partial charge in [-0.15, -0.1) is 0 Å². The number of halogens is 1. The zero-order valence-electron chi connectivity index (χ0n) is 15.2. The Labute approximate surface area is 160 Å². The van der Waals surface area contributed by atoms with Crippen LogP contribution >= 0.6 is 22.9 Å². The minimum absolute atomic E-state index is 0.189. The molecule has 0 unspecified atom stereocenters. The summed E-state index contributed by atoms with van der Waals surface area (Å²) in [4.78, 5) is 17.6. The van der Waals surface area contributed by atoms with Gasteiger partial charge in [-0.05, 0) is 45.0 Å². The van der Waals surface area contributed by atoms with Crippen LogP contribution < -0.4 is 4.80 Å². The molecule has 0 fully saturated rings. The van der Waals surface area contributed by atoms with E-state index in [-0.39, 0.29) is 11.9 Å². The van der Waals surface area contributed by atoms with E-state index in [4.69, 9.17) is 16.3 Å². The standard InChI is InChI=1S/C18H21ClN4O2S/c1-11(2)23-12(3)9-14(21-23)17(24)20-18-22(7-8-25-4)15-6-5-13(19)10-16(15)26-18/h5-6,9-11H,7-8H2,1-4H3. The molecule has 2 heterocycles. The molecule has 3 rings (SSSR count). The van der Waals surface area contributed by atoms with E-state index in [1.54, 1.807) is 13.2 Å². The highest BCUT2D eigenvalue weighted by Gasteiger charge is 2.14. The Morgan fingerprint density at radius 3 is 2.81 bits per heavy atom. The van der Waals surface area contributed by atoms with Gasteiger partial charge in [0, 0.05) is 30.4 Å². The predicted molar refractivity (Wildman–Crippen MR) is 104 cm³/mol. The van der Waals surface area contributed by atoms with Crippen molar-refractivity contribution in [3.8, 4) is 0 Å². The largest absolute Gasteiger partial charge is 0.383 e. The lowest BCUT2D eigenvalue weighted by Gasteiger charge is -2.06. The van der Waals surface area contributed by atoms with Gasteiger partial charge in [0.15, 0.2) is 10.5 Å². The van der Waals surface area contributed by atoms with E-state index in [0.29, 0.717) is 28.7 Å². The number of carbonyl (C=O) groups is 1. The number of hydrogen-bond acceptors (Lipinski definition) is 4. The van der Waals surface area contributed by atoms with Crippen LogP contribution in [0.2, 0.25) is 5.02 Å². The number of hydrogen-bond donors (Lipinski definition) is 0. The molecule has 0 N–H and O–H groups in total. The van der Waals surface area contributed by atoms with Crippen LogP contribution in [0, 0.1) is 6.92 Å². The van der Waals surface area contributed by atoms with Gasteiger partial charge in [0.05, 0.1) is 16.8 Å². The minimum Gasteiger partial charge on any atom is -0.383 e. The highest BCUT2D eigenvalue weighted by Crippen LogP contribution is 2.22. The van der Waals surface area contributed by atoms with Crippen molar-refractivity contribution in [2.24, 2.45) is 4.99 Å². The number of benzene rings is 1. The van der Waals surface area contributed by atoms with Gasteiger partial charge in [0.1, 0.15) is 0 Å². The van der Waals surface area contributed by atoms with Crippen LogP contribution in [-0.4, -0.2) is 34.0 Å². The first kappa shape index (κ1) is 18.8. The summed E-state index contributed by atoms with van der Waals surface area (Å²) in [6.45, 7) is 7.12. The second-order valence-electron chi connectivity index (χ2n) is 6.27. The molecule has 0 aliphatic rings. The van der Waals surface area contributed by atoms with Gasteiger partial charge in [-0.1, -0.05) is 22.9 Å². The molecule has 6 nitrogen and oxygen atoms in total. The normalized spacial score (nSPS) is 12.5. The molecule has 0 aliphatic heterocycles. The molecule has 138 valence electrons. The van der Waals surface area contributed by atoms with Crippen molar-refractivity contribution in [2.45, 2.75) is 33.4 Å². The first-order valence-corrected chi connectivity index (χ1v) is 9.53. The maximum Gasteiger partial charge on any atom is 0.300 e. The second kappa shape index (κ2) is 7.73. The first-order chi connectivity index (χ1) is 12.4. The van der Waals surface area contributed by atoms with Crippen molar-refractivity contribution in [1.29, 1.82) is 0 Å². The topological polar surface area (TPSA) is 61.4 Å². The quantitative estimate of drug-likeness (QED) is 0.662. The third-order valence-electron chi connectivity index (χ3n) is 3.99. The minimum atomic E-state index is -0.351. The number of methoxy groups -OCH3 is 1. The Morgan fingerprint density at radius 1 is 1.38 bits per heavy atom. The summed E-state index contributed by atoms with van der Waals surface area (Å²) in [5, 5.41) is 5.04. The second-order valence-corrected chi connectivity index (χ2v) is 7.71. The molecule has 3 aromatic rings. The van der Waals surface area contributed by atoms with E-state index >= 15 is 0 Å². The molecule has 0 spiro atoms. The third-order valence-corrected chi connectivity index (χ3v) is 5.27. The number of aromatic nitrogens is 3. The van der Waals surface area contributed by atoms with Crippen LogP contribution in [0.15, 0.2) is 29.3 Å². The molecule has 26 heavy (non-hydrogen) atoms. The van der Waals surface area contributed by atoms with E-state index in [1.165, 1.54) is 11.3 Å². The summed E-state index contributed by atoms with van der Waals surface area (Å²) in [6, 6.07) is 7.61. The Bertz CT molecular complexity index is 1020. The van der Waals surface area contributed by atoms with Crippen molar-refractivity contribution in [3.63, 3.8) is 0 Å². The fourth-order valence-corrected chi connectivity index (χ4v) is 4.12. The summed E-state index contributed by atoms with van der Waals surface area (Å²) < 4.78 is 9.97. The molecule has 1 amide bonds. The van der Waals surface area contributed by atoms with Crippen LogP contribution in [0.5, 0.6) is 0 Å². The Balaban J connectivity index is 2.07. The number of thiazole rings is 1. The number of carbonyl (C=O) groups excluding carboxylic acids is 1. The van der Waals surface area contributed by atoms with E-state index in [2.05, 4.69) is 10.1 Å². The molecular formula is C18H21ClN4O2S. The number of nitrogens with zero attached hydrogens (tertiary/aromatic N) is 4. The molecule has 2 aromatic heterocycles. The first-order valence-electron chi connectivity index (χ1n) is 8.33. The molecule has 0 aliphatic carbocycles. The summed E-state index contributed by atoms with van der Waals surface area (Å²) in [5.74, 6) is -0.351. The van der Waals surface area contributed by atoms with Gasteiger partial charge in [-0.25, -0.2) is 0 Å². The SMILES string of the molecule is COCCn1c(=NC(=O)c2cc(C)n(C(C)C)n2)sc2cc(Cl)ccc21. The summed E-state index contributed by atoms with van der Waals surface area (Å²) in [7, 11) is 1.65. The molecule has 0 atom stereocenters. The van der Waals surface area contributed by atoms with Crippen LogP contribution in [-0.2, 0) is 11.3 Å². The highest BCUT2D eigenvalue weighted by molar-refractivity contribution is 7.16. The van der Waals surface area contributed by atoms with Crippen molar-refractivity contribution in [1.82, 2.24) is 14.3 Å². The molecule has 1 aromatic carbocycles. The zero-order chi connectivity index (χ0) is 18.8. The van der Waals surface area contributed by atoms with Crippen LogP contribution in [0.4, 0.5) is 0 Å². The van der Waals surface area contributed by atoms with Crippen LogP contribution in [0.1, 0.15) is 36.1 Å². The fraction of sp³-hybridized carbons (Fsp3) is 0.389. The Kier molecular flexibility index (Phi) is 5.60. The molecule has 0 saturated heterocycles. The van der Waals surface area contributed by atoms with E-state index in [9.17, 15) is 4.79 Å². The summed E-state index contributed by atoms with van der Waals surface area (Å²) in [6.07, 6.45) is 0. The van der Waals surface area contributed by atoms with E-state index in [1.807, 2.05) is 48.2 Å². The summed E-state index contributed by atoms with van der Waals surface area (Å²) in [5.41, 5.74) is 2.27. The van der Waals surface area contributed by atoms with Gasteiger partial charge in [-0.2, -0.15) is 10.1 Å². The average molecular weight is 393 g/mol. The van der Waals surface area contributed by atoms with Crippen molar-refractivity contribution < 1.29 is 9.53 Å². The van der Waals surface area contributed by atoms with Gasteiger partial charge in [0.2, 0.25) is 0 Å². The number of amides is 1. The van der Waals surface area contributed by atoms with Gasteiger partial charge >= 0.3 is 0 Å². The zero-order valence-corrected chi connectivity index (χ0v) is 16.8. The number of rotatable bonds is 5. The average Bonchev–Trinajstić information content (AvgIpc) is 3.13. The fourth-order valence-electron chi connectivity index (χ4n) is 2.79. The molecule has 8 heteroatoms. The third kappa shape index (κ3) is 3.75. The van der Waals surface area contributed by atoms with Gasteiger partial charge in [0.25, 0.3) is 5.91 Å². The van der Waals surface area contributed by atoms with E-state index in [0.717, 1.165) is 15.9 Å². The summed E-state index contributed by atoms with van der Waals surface area (Å²) >= 11 is 7.53. The van der Waals surface area contributed by atoms with Gasteiger partial charge in [-0.3, -0.25) is 9.48 Å². The number of fused-ring (bicyclic) bond motifs is 1. The number of ether oxygens (including phenoxy) is 1. The lowest BCUT2D eigenvalue weighted by Crippen LogP contribution is -2.19. The lowest BCUT2D eigenvalue weighted by molar-refractivity contribution is 0.0991. The molecule has 0 bridgehead atoms. The van der Waals surface area contributed by atoms with Crippen molar-refractivity contribution >= 4 is 39.1 Å². The highest BCUT2D eigenvalue weighted by atomic mass is 35.5. The monoisotopic (exact) mass is 392 g/mol. The molecular weight excluding hydrogens is 372 g/mol.